The third kappa shape index (κ3) is 3.86. The topological polar surface area (TPSA) is 107 Å². The Kier molecular flexibility index (Phi) is 5.51. The molecule has 4 aromatic rings. The Morgan fingerprint density at radius 1 is 1.16 bits per heavy atom. The van der Waals surface area contributed by atoms with Crippen LogP contribution in [0.25, 0.3) is 22.5 Å². The SMILES string of the molecule is CC(C)n1ncc2c(C(=O)Nc3ccc(S(=O)(=O)C(F)F)cc3)cc(-c3ccco3)nc21. The Bertz CT molecular complexity index is 1380. The fourth-order valence-corrected chi connectivity index (χ4v) is 3.88. The predicted molar refractivity (Wildman–Crippen MR) is 113 cm³/mol. The number of pyridine rings is 1. The number of furan rings is 1. The number of nitrogens with zero attached hydrogens (tertiary/aromatic N) is 3. The second-order valence-corrected chi connectivity index (χ2v) is 9.15. The van der Waals surface area contributed by atoms with E-state index in [1.165, 1.54) is 18.4 Å². The fourth-order valence-electron chi connectivity index (χ4n) is 3.16. The van der Waals surface area contributed by atoms with Gasteiger partial charge in [-0.15, -0.1) is 0 Å². The van der Waals surface area contributed by atoms with E-state index in [0.29, 0.717) is 22.5 Å². The third-order valence-corrected chi connectivity index (χ3v) is 6.15. The second kappa shape index (κ2) is 8.15. The van der Waals surface area contributed by atoms with Gasteiger partial charge in [0.15, 0.2) is 11.4 Å². The molecule has 0 saturated heterocycles. The first-order valence-corrected chi connectivity index (χ1v) is 11.1. The number of aromatic nitrogens is 3. The summed E-state index contributed by atoms with van der Waals surface area (Å²) in [6, 6.07) is 9.51. The highest BCUT2D eigenvalue weighted by Gasteiger charge is 2.26. The molecular weight excluding hydrogens is 442 g/mol. The van der Waals surface area contributed by atoms with E-state index >= 15 is 0 Å². The van der Waals surface area contributed by atoms with Gasteiger partial charge in [-0.2, -0.15) is 13.9 Å². The van der Waals surface area contributed by atoms with Crippen LogP contribution in [0.2, 0.25) is 0 Å². The largest absolute Gasteiger partial charge is 0.463 e. The van der Waals surface area contributed by atoms with E-state index in [-0.39, 0.29) is 17.3 Å². The van der Waals surface area contributed by atoms with Gasteiger partial charge in [0.25, 0.3) is 5.91 Å². The summed E-state index contributed by atoms with van der Waals surface area (Å²) in [5.41, 5.74) is 1.45. The Labute approximate surface area is 181 Å². The van der Waals surface area contributed by atoms with Gasteiger partial charge in [-0.25, -0.2) is 18.1 Å². The molecule has 0 spiro atoms. The van der Waals surface area contributed by atoms with Crippen molar-refractivity contribution in [3.05, 3.63) is 60.5 Å². The molecule has 3 aromatic heterocycles. The van der Waals surface area contributed by atoms with Gasteiger partial charge in [0, 0.05) is 11.7 Å². The zero-order valence-electron chi connectivity index (χ0n) is 17.0. The van der Waals surface area contributed by atoms with Crippen molar-refractivity contribution in [1.82, 2.24) is 14.8 Å². The Morgan fingerprint density at radius 3 is 2.47 bits per heavy atom. The summed E-state index contributed by atoms with van der Waals surface area (Å²) in [6.07, 6.45) is 3.04. The van der Waals surface area contributed by atoms with E-state index in [9.17, 15) is 22.0 Å². The molecule has 11 heteroatoms. The van der Waals surface area contributed by atoms with Gasteiger partial charge in [0.1, 0.15) is 5.69 Å². The van der Waals surface area contributed by atoms with E-state index in [0.717, 1.165) is 12.1 Å². The normalized spacial score (nSPS) is 12.1. The van der Waals surface area contributed by atoms with Crippen LogP contribution in [0, 0.1) is 0 Å². The lowest BCUT2D eigenvalue weighted by Gasteiger charge is -2.11. The van der Waals surface area contributed by atoms with Gasteiger partial charge >= 0.3 is 5.76 Å². The maximum absolute atomic E-state index is 13.1. The monoisotopic (exact) mass is 460 g/mol. The molecule has 0 aliphatic heterocycles. The van der Waals surface area contributed by atoms with Crippen molar-refractivity contribution in [2.45, 2.75) is 30.5 Å². The summed E-state index contributed by atoms with van der Waals surface area (Å²) in [6.45, 7) is 3.87. The van der Waals surface area contributed by atoms with Gasteiger partial charge in [0.05, 0.1) is 28.3 Å². The molecule has 0 bridgehead atoms. The molecule has 0 atom stereocenters. The highest BCUT2D eigenvalue weighted by atomic mass is 32.2. The zero-order chi connectivity index (χ0) is 23.0. The molecule has 0 saturated carbocycles. The van der Waals surface area contributed by atoms with E-state index in [1.54, 1.807) is 29.1 Å². The summed E-state index contributed by atoms with van der Waals surface area (Å²) < 4.78 is 55.7. The molecule has 0 aliphatic carbocycles. The third-order valence-electron chi connectivity index (χ3n) is 4.75. The summed E-state index contributed by atoms with van der Waals surface area (Å²) in [7, 11) is -4.72. The van der Waals surface area contributed by atoms with Gasteiger partial charge in [-0.05, 0) is 56.3 Å². The Morgan fingerprint density at radius 2 is 1.88 bits per heavy atom. The fraction of sp³-hybridized carbons (Fsp3) is 0.190. The van der Waals surface area contributed by atoms with Crippen molar-refractivity contribution in [1.29, 1.82) is 0 Å². The first kappa shape index (κ1) is 21.6. The predicted octanol–water partition coefficient (Wildman–Crippen LogP) is 4.52. The van der Waals surface area contributed by atoms with Crippen LogP contribution in [0.1, 0.15) is 30.2 Å². The lowest BCUT2D eigenvalue weighted by molar-refractivity contribution is 0.102. The molecule has 32 heavy (non-hydrogen) atoms. The average molecular weight is 460 g/mol. The molecule has 0 aliphatic rings. The van der Waals surface area contributed by atoms with Crippen LogP contribution < -0.4 is 5.32 Å². The Balaban J connectivity index is 1.72. The molecule has 4 rings (SSSR count). The minimum Gasteiger partial charge on any atom is -0.463 e. The molecule has 0 fully saturated rings. The number of hydrogen-bond acceptors (Lipinski definition) is 6. The van der Waals surface area contributed by atoms with E-state index in [4.69, 9.17) is 4.42 Å². The van der Waals surface area contributed by atoms with E-state index < -0.39 is 26.4 Å². The number of sulfone groups is 1. The lowest BCUT2D eigenvalue weighted by Crippen LogP contribution is -2.14. The standard InChI is InChI=1S/C21H18F2N4O4S/c1-12(2)27-19-16(11-24-27)15(10-17(26-19)18-4-3-9-31-18)20(28)25-13-5-7-14(8-6-13)32(29,30)21(22)23/h3-12,21H,1-2H3,(H,25,28). The van der Waals surface area contributed by atoms with Crippen LogP contribution in [0.5, 0.6) is 0 Å². The summed E-state index contributed by atoms with van der Waals surface area (Å²) in [5.74, 6) is -3.55. The van der Waals surface area contributed by atoms with Crippen molar-refractivity contribution in [2.24, 2.45) is 0 Å². The smallest absolute Gasteiger partial charge is 0.341 e. The summed E-state index contributed by atoms with van der Waals surface area (Å²) >= 11 is 0. The first-order valence-electron chi connectivity index (χ1n) is 9.54. The van der Waals surface area contributed by atoms with Gasteiger partial charge in [0.2, 0.25) is 9.84 Å². The molecule has 3 heterocycles. The zero-order valence-corrected chi connectivity index (χ0v) is 17.8. The van der Waals surface area contributed by atoms with Crippen molar-refractivity contribution in [3.63, 3.8) is 0 Å². The number of rotatable bonds is 6. The number of benzene rings is 1. The number of nitrogens with one attached hydrogen (secondary N) is 1. The molecule has 0 radical (unpaired) electrons. The highest BCUT2D eigenvalue weighted by Crippen LogP contribution is 2.28. The number of amides is 1. The number of fused-ring (bicyclic) bond motifs is 1. The van der Waals surface area contributed by atoms with Crippen molar-refractivity contribution in [3.8, 4) is 11.5 Å². The maximum atomic E-state index is 13.1. The lowest BCUT2D eigenvalue weighted by atomic mass is 10.1. The molecule has 1 amide bonds. The van der Waals surface area contributed by atoms with Gasteiger partial charge in [-0.1, -0.05) is 0 Å². The number of alkyl halides is 2. The van der Waals surface area contributed by atoms with Crippen LogP contribution >= 0.6 is 0 Å². The summed E-state index contributed by atoms with van der Waals surface area (Å²) in [4.78, 5) is 17.1. The highest BCUT2D eigenvalue weighted by molar-refractivity contribution is 7.91. The number of halogens is 2. The van der Waals surface area contributed by atoms with Crippen molar-refractivity contribution in [2.75, 3.05) is 5.32 Å². The molecule has 0 unspecified atom stereocenters. The van der Waals surface area contributed by atoms with Crippen LogP contribution in [0.15, 0.2) is 64.2 Å². The van der Waals surface area contributed by atoms with E-state index in [2.05, 4.69) is 15.4 Å². The van der Waals surface area contributed by atoms with Crippen LogP contribution in [0.4, 0.5) is 14.5 Å². The van der Waals surface area contributed by atoms with Crippen LogP contribution in [-0.2, 0) is 9.84 Å². The van der Waals surface area contributed by atoms with Crippen LogP contribution in [0.3, 0.4) is 0 Å². The number of anilines is 1. The maximum Gasteiger partial charge on any atom is 0.341 e. The van der Waals surface area contributed by atoms with Crippen molar-refractivity contribution < 1.29 is 26.4 Å². The quantitative estimate of drug-likeness (QED) is 0.453. The molecule has 166 valence electrons. The number of carbonyl (C=O) groups excluding carboxylic acids is 1. The number of hydrogen-bond donors (Lipinski definition) is 1. The molecular formula is C21H18F2N4O4S. The van der Waals surface area contributed by atoms with Crippen molar-refractivity contribution >= 4 is 32.5 Å². The first-order chi connectivity index (χ1) is 15.2. The summed E-state index contributed by atoms with van der Waals surface area (Å²) in [5, 5.41) is 7.50. The van der Waals surface area contributed by atoms with Crippen LogP contribution in [-0.4, -0.2) is 34.8 Å². The Hall–Kier alpha value is -3.60. The molecule has 8 nitrogen and oxygen atoms in total. The second-order valence-electron chi connectivity index (χ2n) is 7.24. The van der Waals surface area contributed by atoms with E-state index in [1.807, 2.05) is 13.8 Å². The average Bonchev–Trinajstić information content (AvgIpc) is 3.43. The molecule has 1 N–H and O–H groups in total. The van der Waals surface area contributed by atoms with Gasteiger partial charge in [-0.3, -0.25) is 4.79 Å². The van der Waals surface area contributed by atoms with Gasteiger partial charge < -0.3 is 9.73 Å². The molecule has 1 aromatic carbocycles. The minimum absolute atomic E-state index is 0.00732. The number of carbonyl (C=O) groups is 1. The minimum atomic E-state index is -4.72.